The second kappa shape index (κ2) is 4.96. The molecule has 0 aromatic carbocycles. The highest BCUT2D eigenvalue weighted by Crippen LogP contribution is 2.40. The number of carboxylic acid groups (broad SMARTS) is 1. The van der Waals surface area contributed by atoms with Crippen LogP contribution in [0.3, 0.4) is 0 Å². The first-order chi connectivity index (χ1) is 9.58. The van der Waals surface area contributed by atoms with E-state index in [1.807, 2.05) is 15.7 Å². The number of piperidine rings is 1. The highest BCUT2D eigenvalue weighted by atomic mass is 16.4. The number of aromatic nitrogens is 1. The van der Waals surface area contributed by atoms with Gasteiger partial charge in [-0.15, -0.1) is 0 Å². The van der Waals surface area contributed by atoms with Crippen molar-refractivity contribution in [3.63, 3.8) is 0 Å². The second-order valence-electron chi connectivity index (χ2n) is 5.98. The van der Waals surface area contributed by atoms with Crippen LogP contribution in [0.15, 0.2) is 18.3 Å². The molecule has 2 atom stereocenters. The van der Waals surface area contributed by atoms with Crippen LogP contribution in [0.1, 0.15) is 42.7 Å². The molecular formula is C15H20N2O3. The van der Waals surface area contributed by atoms with E-state index in [9.17, 15) is 9.59 Å². The molecule has 2 unspecified atom stereocenters. The van der Waals surface area contributed by atoms with E-state index in [-0.39, 0.29) is 12.0 Å². The minimum absolute atomic E-state index is 0.191. The minimum atomic E-state index is -0.889. The molecule has 1 aliphatic heterocycles. The fourth-order valence-electron chi connectivity index (χ4n) is 3.16. The van der Waals surface area contributed by atoms with Crippen molar-refractivity contribution in [2.24, 2.45) is 11.8 Å². The van der Waals surface area contributed by atoms with Gasteiger partial charge in [0.1, 0.15) is 5.69 Å². The molecule has 1 N–H and O–H groups in total. The predicted molar refractivity (Wildman–Crippen MR) is 73.5 cm³/mol. The van der Waals surface area contributed by atoms with Crippen LogP contribution in [0.2, 0.25) is 0 Å². The molecule has 1 aliphatic carbocycles. The van der Waals surface area contributed by atoms with Crippen LogP contribution in [-0.4, -0.2) is 39.5 Å². The molecule has 5 nitrogen and oxygen atoms in total. The van der Waals surface area contributed by atoms with Crippen LogP contribution in [-0.2, 0) is 4.79 Å². The first kappa shape index (κ1) is 13.2. The number of carbonyl (C=O) groups is 2. The number of amides is 1. The lowest BCUT2D eigenvalue weighted by molar-refractivity contribution is -0.134. The summed E-state index contributed by atoms with van der Waals surface area (Å²) < 4.78 is 1.84. The lowest BCUT2D eigenvalue weighted by Gasteiger charge is -2.33. The summed E-state index contributed by atoms with van der Waals surface area (Å²) >= 11 is 0. The quantitative estimate of drug-likeness (QED) is 0.918. The molecule has 1 saturated heterocycles. The summed E-state index contributed by atoms with van der Waals surface area (Å²) in [6.07, 6.45) is 4.53. The molecule has 0 bridgehead atoms. The van der Waals surface area contributed by atoms with Gasteiger partial charge in [-0.3, -0.25) is 4.79 Å². The molecule has 1 amide bonds. The van der Waals surface area contributed by atoms with Crippen LogP contribution in [0.5, 0.6) is 0 Å². The molecule has 2 aliphatic rings. The summed E-state index contributed by atoms with van der Waals surface area (Å²) in [6, 6.07) is 3.59. The van der Waals surface area contributed by atoms with Gasteiger partial charge in [0.15, 0.2) is 0 Å². The number of aromatic carboxylic acids is 1. The third kappa shape index (κ3) is 2.32. The first-order valence-corrected chi connectivity index (χ1v) is 7.27. The molecule has 1 aromatic heterocycles. The Hall–Kier alpha value is -1.78. The summed E-state index contributed by atoms with van der Waals surface area (Å²) in [5.41, 5.74) is 0.339. The highest BCUT2D eigenvalue weighted by Gasteiger charge is 2.42. The van der Waals surface area contributed by atoms with Crippen LogP contribution < -0.4 is 0 Å². The highest BCUT2D eigenvalue weighted by molar-refractivity contribution is 5.86. The Labute approximate surface area is 118 Å². The maximum absolute atomic E-state index is 12.2. The molecule has 0 spiro atoms. The topological polar surface area (TPSA) is 62.5 Å². The van der Waals surface area contributed by atoms with Crippen molar-refractivity contribution in [3.05, 3.63) is 24.0 Å². The monoisotopic (exact) mass is 276 g/mol. The zero-order chi connectivity index (χ0) is 14.3. The maximum atomic E-state index is 12.2. The third-order valence-electron chi connectivity index (χ3n) is 4.59. The third-order valence-corrected chi connectivity index (χ3v) is 4.59. The fraction of sp³-hybridized carbons (Fsp3) is 0.600. The average molecular weight is 276 g/mol. The number of nitrogens with zero attached hydrogens (tertiary/aromatic N) is 2. The Bertz CT molecular complexity index is 529. The van der Waals surface area contributed by atoms with Crippen molar-refractivity contribution in [2.45, 2.75) is 32.2 Å². The van der Waals surface area contributed by atoms with Crippen molar-refractivity contribution in [1.29, 1.82) is 0 Å². The SMILES string of the molecule is CC1CC1C(=O)N1CCC(n2cccc2C(=O)O)CC1. The maximum Gasteiger partial charge on any atom is 0.352 e. The summed E-state index contributed by atoms with van der Waals surface area (Å²) in [7, 11) is 0. The summed E-state index contributed by atoms with van der Waals surface area (Å²) in [5, 5.41) is 9.15. The Kier molecular flexibility index (Phi) is 3.28. The first-order valence-electron chi connectivity index (χ1n) is 7.27. The van der Waals surface area contributed by atoms with E-state index in [0.29, 0.717) is 17.5 Å². The summed E-state index contributed by atoms with van der Waals surface area (Å²) in [5.74, 6) is 0.193. The molecule has 3 rings (SSSR count). The number of carbonyl (C=O) groups excluding carboxylic acids is 1. The molecule has 2 heterocycles. The predicted octanol–water partition coefficient (Wildman–Crippen LogP) is 2.01. The van der Waals surface area contributed by atoms with Gasteiger partial charge in [-0.1, -0.05) is 6.92 Å². The lowest BCUT2D eigenvalue weighted by atomic mass is 10.0. The van der Waals surface area contributed by atoms with Gasteiger partial charge in [-0.05, 0) is 37.3 Å². The molecule has 20 heavy (non-hydrogen) atoms. The van der Waals surface area contributed by atoms with Crippen molar-refractivity contribution < 1.29 is 14.7 Å². The molecule has 1 saturated carbocycles. The van der Waals surface area contributed by atoms with Gasteiger partial charge in [0.25, 0.3) is 0 Å². The zero-order valence-electron chi connectivity index (χ0n) is 11.7. The average Bonchev–Trinajstić information content (AvgIpc) is 2.98. The molecule has 1 aromatic rings. The van der Waals surface area contributed by atoms with Crippen molar-refractivity contribution in [3.8, 4) is 0 Å². The van der Waals surface area contributed by atoms with E-state index < -0.39 is 5.97 Å². The van der Waals surface area contributed by atoms with Gasteiger partial charge < -0.3 is 14.6 Å². The standard InChI is InChI=1S/C15H20N2O3/c1-10-9-12(10)14(18)16-7-4-11(5-8-16)17-6-2-3-13(17)15(19)20/h2-3,6,10-12H,4-5,7-9H2,1H3,(H,19,20). The van der Waals surface area contributed by atoms with Crippen molar-refractivity contribution in [2.75, 3.05) is 13.1 Å². The number of hydrogen-bond donors (Lipinski definition) is 1. The van der Waals surface area contributed by atoms with Crippen LogP contribution in [0, 0.1) is 11.8 Å². The van der Waals surface area contributed by atoms with Crippen molar-refractivity contribution >= 4 is 11.9 Å². The van der Waals surface area contributed by atoms with E-state index >= 15 is 0 Å². The van der Waals surface area contributed by atoms with Crippen LogP contribution in [0.4, 0.5) is 0 Å². The Balaban J connectivity index is 1.62. The number of likely N-dealkylation sites (tertiary alicyclic amines) is 1. The van der Waals surface area contributed by atoms with Gasteiger partial charge in [0.2, 0.25) is 5.91 Å². The van der Waals surface area contributed by atoms with Crippen LogP contribution >= 0.6 is 0 Å². The number of carboxylic acids is 1. The summed E-state index contributed by atoms with van der Waals surface area (Å²) in [6.45, 7) is 3.60. The second-order valence-corrected chi connectivity index (χ2v) is 5.98. The Morgan fingerprint density at radius 2 is 1.95 bits per heavy atom. The smallest absolute Gasteiger partial charge is 0.352 e. The summed E-state index contributed by atoms with van der Waals surface area (Å²) in [4.78, 5) is 25.3. The Morgan fingerprint density at radius 1 is 1.30 bits per heavy atom. The Morgan fingerprint density at radius 3 is 2.50 bits per heavy atom. The van der Waals surface area contributed by atoms with E-state index in [0.717, 1.165) is 32.4 Å². The van der Waals surface area contributed by atoms with Gasteiger partial charge >= 0.3 is 5.97 Å². The number of hydrogen-bond acceptors (Lipinski definition) is 2. The molecule has 0 radical (unpaired) electrons. The van der Waals surface area contributed by atoms with E-state index in [4.69, 9.17) is 5.11 Å². The van der Waals surface area contributed by atoms with Gasteiger partial charge in [-0.25, -0.2) is 4.79 Å². The fourth-order valence-corrected chi connectivity index (χ4v) is 3.16. The van der Waals surface area contributed by atoms with Gasteiger partial charge in [0, 0.05) is 31.2 Å². The lowest BCUT2D eigenvalue weighted by Crippen LogP contribution is -2.40. The van der Waals surface area contributed by atoms with E-state index in [1.165, 1.54) is 0 Å². The molecule has 2 fully saturated rings. The van der Waals surface area contributed by atoms with Crippen molar-refractivity contribution in [1.82, 2.24) is 9.47 Å². The van der Waals surface area contributed by atoms with E-state index in [2.05, 4.69) is 6.92 Å². The molecule has 5 heteroatoms. The largest absolute Gasteiger partial charge is 0.477 e. The molecular weight excluding hydrogens is 256 g/mol. The number of rotatable bonds is 3. The van der Waals surface area contributed by atoms with Gasteiger partial charge in [-0.2, -0.15) is 0 Å². The zero-order valence-corrected chi connectivity index (χ0v) is 11.7. The van der Waals surface area contributed by atoms with E-state index in [1.54, 1.807) is 12.1 Å². The minimum Gasteiger partial charge on any atom is -0.477 e. The van der Waals surface area contributed by atoms with Crippen LogP contribution in [0.25, 0.3) is 0 Å². The molecule has 108 valence electrons. The normalized spacial score (nSPS) is 26.6. The van der Waals surface area contributed by atoms with Gasteiger partial charge in [0.05, 0.1) is 0 Å².